The summed E-state index contributed by atoms with van der Waals surface area (Å²) in [6, 6.07) is 7.67. The molecule has 1 atom stereocenters. The second-order valence-electron chi connectivity index (χ2n) is 5.09. The molecule has 0 fully saturated rings. The van der Waals surface area contributed by atoms with Gasteiger partial charge in [-0.3, -0.25) is 0 Å². The van der Waals surface area contributed by atoms with Crippen LogP contribution in [0.4, 0.5) is 8.78 Å². The standard InChI is InChI=1S/C14H14F2N2O3S2/c1-10-3-5-12(6-4-10)23(20,21)18-22(2,19)9-11-7-13(15)17-14(16)8-11/h3-8H,9H2,1-2H3. The zero-order chi connectivity index (χ0) is 17.3. The van der Waals surface area contributed by atoms with E-state index in [4.69, 9.17) is 0 Å². The summed E-state index contributed by atoms with van der Waals surface area (Å²) in [7, 11) is -7.39. The molecule has 1 unspecified atom stereocenters. The molecule has 0 saturated carbocycles. The van der Waals surface area contributed by atoms with Crippen molar-refractivity contribution in [1.29, 1.82) is 0 Å². The minimum absolute atomic E-state index is 0.0188. The van der Waals surface area contributed by atoms with Crippen molar-refractivity contribution < 1.29 is 21.4 Å². The van der Waals surface area contributed by atoms with E-state index in [9.17, 15) is 21.4 Å². The van der Waals surface area contributed by atoms with Crippen molar-refractivity contribution in [2.75, 3.05) is 6.26 Å². The number of aryl methyl sites for hydroxylation is 1. The number of aromatic nitrogens is 1. The molecule has 1 aromatic heterocycles. The van der Waals surface area contributed by atoms with Crippen molar-refractivity contribution in [2.24, 2.45) is 3.77 Å². The Kier molecular flexibility index (Phi) is 4.81. The van der Waals surface area contributed by atoms with Gasteiger partial charge in [-0.25, -0.2) is 4.21 Å². The topological polar surface area (TPSA) is 76.5 Å². The van der Waals surface area contributed by atoms with Crippen LogP contribution in [-0.4, -0.2) is 23.9 Å². The zero-order valence-corrected chi connectivity index (χ0v) is 14.0. The summed E-state index contributed by atoms with van der Waals surface area (Å²) in [6.07, 6.45) is 1.12. The second-order valence-corrected chi connectivity index (χ2v) is 9.31. The number of halogens is 2. The molecule has 0 bridgehead atoms. The van der Waals surface area contributed by atoms with Crippen molar-refractivity contribution in [1.82, 2.24) is 4.98 Å². The highest BCUT2D eigenvalue weighted by molar-refractivity contribution is 8.02. The van der Waals surface area contributed by atoms with E-state index in [1.165, 1.54) is 12.1 Å². The maximum atomic E-state index is 13.1. The van der Waals surface area contributed by atoms with Crippen LogP contribution in [0.3, 0.4) is 0 Å². The second kappa shape index (κ2) is 6.32. The largest absolute Gasteiger partial charge is 0.290 e. The first-order valence-electron chi connectivity index (χ1n) is 6.42. The number of rotatable bonds is 4. The van der Waals surface area contributed by atoms with Crippen molar-refractivity contribution in [2.45, 2.75) is 17.6 Å². The summed E-state index contributed by atoms with van der Waals surface area (Å²) in [5.41, 5.74) is 0.884. The van der Waals surface area contributed by atoms with Crippen LogP contribution in [0.5, 0.6) is 0 Å². The van der Waals surface area contributed by atoms with Gasteiger partial charge in [-0.15, -0.1) is 3.77 Å². The molecule has 23 heavy (non-hydrogen) atoms. The predicted octanol–water partition coefficient (Wildman–Crippen LogP) is 2.65. The molecule has 5 nitrogen and oxygen atoms in total. The first-order valence-corrected chi connectivity index (χ1v) is 9.95. The lowest BCUT2D eigenvalue weighted by Crippen LogP contribution is -2.07. The number of pyridine rings is 1. The summed E-state index contributed by atoms with van der Waals surface area (Å²) in [5, 5.41) is 0. The van der Waals surface area contributed by atoms with Crippen molar-refractivity contribution in [3.8, 4) is 0 Å². The number of benzene rings is 1. The van der Waals surface area contributed by atoms with Gasteiger partial charge in [0.15, 0.2) is 0 Å². The molecule has 0 N–H and O–H groups in total. The van der Waals surface area contributed by atoms with Crippen LogP contribution >= 0.6 is 0 Å². The molecule has 0 spiro atoms. The molecule has 0 radical (unpaired) electrons. The van der Waals surface area contributed by atoms with Crippen LogP contribution in [0.1, 0.15) is 11.1 Å². The van der Waals surface area contributed by atoms with Crippen LogP contribution in [-0.2, 0) is 25.5 Å². The predicted molar refractivity (Wildman–Crippen MR) is 82.7 cm³/mol. The smallest absolute Gasteiger partial charge is 0.249 e. The van der Waals surface area contributed by atoms with Gasteiger partial charge in [0.05, 0.1) is 20.4 Å². The van der Waals surface area contributed by atoms with Gasteiger partial charge in [-0.1, -0.05) is 17.7 Å². The SMILES string of the molecule is Cc1ccc(S(=O)(=O)N=S(C)(=O)Cc2cc(F)nc(F)c2)cc1. The Balaban J connectivity index is 2.39. The van der Waals surface area contributed by atoms with Crippen molar-refractivity contribution in [3.05, 3.63) is 59.4 Å². The number of hydrogen-bond donors (Lipinski definition) is 0. The Morgan fingerprint density at radius 3 is 2.09 bits per heavy atom. The molecule has 0 aliphatic rings. The van der Waals surface area contributed by atoms with Gasteiger partial charge >= 0.3 is 0 Å². The van der Waals surface area contributed by atoms with Gasteiger partial charge in [0.1, 0.15) is 0 Å². The van der Waals surface area contributed by atoms with Gasteiger partial charge < -0.3 is 0 Å². The average molecular weight is 360 g/mol. The average Bonchev–Trinajstić information content (AvgIpc) is 2.35. The lowest BCUT2D eigenvalue weighted by Gasteiger charge is -2.06. The Bertz CT molecular complexity index is 928. The Morgan fingerprint density at radius 1 is 1.04 bits per heavy atom. The first kappa shape index (κ1) is 17.5. The Morgan fingerprint density at radius 2 is 1.57 bits per heavy atom. The Labute approximate surface area is 133 Å². The summed E-state index contributed by atoms with van der Waals surface area (Å²) in [4.78, 5) is 2.83. The molecule has 124 valence electrons. The minimum atomic E-state index is -4.13. The van der Waals surface area contributed by atoms with Gasteiger partial charge in [0.25, 0.3) is 10.0 Å². The quantitative estimate of drug-likeness (QED) is 0.786. The van der Waals surface area contributed by atoms with E-state index >= 15 is 0 Å². The van der Waals surface area contributed by atoms with E-state index in [1.54, 1.807) is 19.1 Å². The fourth-order valence-electron chi connectivity index (χ4n) is 1.89. The van der Waals surface area contributed by atoms with E-state index in [0.717, 1.165) is 24.0 Å². The molecule has 0 saturated heterocycles. The summed E-state index contributed by atoms with van der Waals surface area (Å²) in [5.74, 6) is -2.55. The summed E-state index contributed by atoms with van der Waals surface area (Å²) < 4.78 is 66.3. The highest BCUT2D eigenvalue weighted by Crippen LogP contribution is 2.17. The summed E-state index contributed by atoms with van der Waals surface area (Å²) in [6.45, 7) is 1.79. The third kappa shape index (κ3) is 4.80. The lowest BCUT2D eigenvalue weighted by molar-refractivity contribution is 0.510. The number of hydrogen-bond acceptors (Lipinski definition) is 4. The van der Waals surface area contributed by atoms with Crippen LogP contribution < -0.4 is 0 Å². The molecule has 1 aromatic carbocycles. The fraction of sp³-hybridized carbons (Fsp3) is 0.214. The molecule has 0 amide bonds. The first-order chi connectivity index (χ1) is 10.6. The number of nitrogens with zero attached hydrogens (tertiary/aromatic N) is 2. The normalized spacial score (nSPS) is 14.3. The van der Waals surface area contributed by atoms with Gasteiger partial charge in [-0.2, -0.15) is 22.2 Å². The van der Waals surface area contributed by atoms with E-state index < -0.39 is 37.4 Å². The third-order valence-corrected chi connectivity index (χ3v) is 6.61. The van der Waals surface area contributed by atoms with Crippen LogP contribution in [0.25, 0.3) is 0 Å². The Hall–Kier alpha value is -1.87. The van der Waals surface area contributed by atoms with E-state index in [2.05, 4.69) is 8.75 Å². The van der Waals surface area contributed by atoms with Crippen molar-refractivity contribution >= 4 is 19.8 Å². The van der Waals surface area contributed by atoms with E-state index in [-0.39, 0.29) is 10.5 Å². The van der Waals surface area contributed by atoms with Crippen LogP contribution in [0.2, 0.25) is 0 Å². The third-order valence-electron chi connectivity index (χ3n) is 2.83. The van der Waals surface area contributed by atoms with Crippen LogP contribution in [0, 0.1) is 18.8 Å². The molecule has 0 aliphatic carbocycles. The molecule has 2 aromatic rings. The maximum absolute atomic E-state index is 13.1. The monoisotopic (exact) mass is 360 g/mol. The highest BCUT2D eigenvalue weighted by Gasteiger charge is 2.17. The molecule has 1 heterocycles. The van der Waals surface area contributed by atoms with Gasteiger partial charge in [0.2, 0.25) is 11.9 Å². The highest BCUT2D eigenvalue weighted by atomic mass is 32.3. The molecular weight excluding hydrogens is 346 g/mol. The lowest BCUT2D eigenvalue weighted by atomic mass is 10.2. The molecule has 0 aliphatic heterocycles. The molecule has 2 rings (SSSR count). The zero-order valence-electron chi connectivity index (χ0n) is 12.4. The van der Waals surface area contributed by atoms with E-state index in [0.29, 0.717) is 0 Å². The van der Waals surface area contributed by atoms with Gasteiger partial charge in [-0.05, 0) is 36.8 Å². The van der Waals surface area contributed by atoms with Crippen molar-refractivity contribution in [3.63, 3.8) is 0 Å². The summed E-state index contributed by atoms with van der Waals surface area (Å²) >= 11 is 0. The minimum Gasteiger partial charge on any atom is -0.249 e. The van der Waals surface area contributed by atoms with Crippen LogP contribution in [0.15, 0.2) is 45.1 Å². The number of sulfonamides is 1. The van der Waals surface area contributed by atoms with E-state index in [1.807, 2.05) is 0 Å². The fourth-order valence-corrected chi connectivity index (χ4v) is 5.37. The molecular formula is C14H14F2N2O3S2. The maximum Gasteiger partial charge on any atom is 0.290 e. The van der Waals surface area contributed by atoms with Gasteiger partial charge in [0, 0.05) is 6.26 Å². The molecule has 9 heteroatoms.